The van der Waals surface area contributed by atoms with Crippen molar-refractivity contribution in [1.29, 1.82) is 0 Å². The lowest BCUT2D eigenvalue weighted by atomic mass is 10.2. The maximum atomic E-state index is 12.5. The first-order chi connectivity index (χ1) is 13.1. The normalized spacial score (nSPS) is 16.4. The summed E-state index contributed by atoms with van der Waals surface area (Å²) in [5.74, 6) is 0.832. The summed E-state index contributed by atoms with van der Waals surface area (Å²) in [6.07, 6.45) is 2.24. The molecule has 9 heteroatoms. The molecule has 0 bridgehead atoms. The Balaban J connectivity index is 0.00000392. The van der Waals surface area contributed by atoms with E-state index < -0.39 is 6.61 Å². The molecule has 1 aliphatic heterocycles. The summed E-state index contributed by atoms with van der Waals surface area (Å²) in [5.41, 5.74) is 0.662. The number of benzene rings is 1. The predicted octanol–water partition coefficient (Wildman–Crippen LogP) is 2.60. The molecule has 1 fully saturated rings. The average Bonchev–Trinajstić information content (AvgIpc) is 2.86. The third-order valence-corrected chi connectivity index (χ3v) is 4.61. The first-order valence-corrected chi connectivity index (χ1v) is 9.46. The van der Waals surface area contributed by atoms with Crippen LogP contribution in [0, 0.1) is 0 Å². The van der Waals surface area contributed by atoms with Gasteiger partial charge in [0.1, 0.15) is 5.75 Å². The number of ether oxygens (including phenoxy) is 1. The quantitative estimate of drug-likeness (QED) is 0.243. The van der Waals surface area contributed by atoms with Crippen molar-refractivity contribution in [3.05, 3.63) is 29.8 Å². The molecule has 2 rings (SSSR count). The van der Waals surface area contributed by atoms with Gasteiger partial charge >= 0.3 is 6.61 Å². The Bertz CT molecular complexity index is 591. The number of rotatable bonds is 8. The van der Waals surface area contributed by atoms with Crippen LogP contribution in [-0.2, 0) is 6.54 Å². The van der Waals surface area contributed by atoms with E-state index in [2.05, 4.69) is 37.2 Å². The highest BCUT2D eigenvalue weighted by Crippen LogP contribution is 2.19. The van der Waals surface area contributed by atoms with Crippen molar-refractivity contribution < 1.29 is 13.5 Å². The molecule has 0 saturated carbocycles. The molecule has 6 nitrogen and oxygen atoms in total. The number of halogens is 3. The highest BCUT2D eigenvalue weighted by molar-refractivity contribution is 14.0. The van der Waals surface area contributed by atoms with E-state index in [1.165, 1.54) is 19.0 Å². The lowest BCUT2D eigenvalue weighted by Gasteiger charge is -2.20. The van der Waals surface area contributed by atoms with Gasteiger partial charge in [-0.15, -0.1) is 24.0 Å². The van der Waals surface area contributed by atoms with Gasteiger partial charge in [-0.25, -0.2) is 0 Å². The van der Waals surface area contributed by atoms with Gasteiger partial charge in [-0.05, 0) is 45.6 Å². The van der Waals surface area contributed by atoms with Gasteiger partial charge in [-0.3, -0.25) is 4.99 Å². The third kappa shape index (κ3) is 9.33. The topological polar surface area (TPSA) is 52.1 Å². The van der Waals surface area contributed by atoms with Crippen LogP contribution < -0.4 is 15.4 Å². The van der Waals surface area contributed by atoms with E-state index in [9.17, 15) is 8.78 Å². The van der Waals surface area contributed by atoms with Crippen molar-refractivity contribution in [1.82, 2.24) is 20.4 Å². The van der Waals surface area contributed by atoms with Crippen molar-refractivity contribution in [3.63, 3.8) is 0 Å². The molecule has 1 saturated heterocycles. The SMILES string of the molecule is CN=C(NCCCN1CCCN(C)CC1)NCc1ccccc1OC(F)F.I. The number of para-hydroxylation sites is 1. The number of alkyl halides is 2. The summed E-state index contributed by atoms with van der Waals surface area (Å²) < 4.78 is 29.5. The molecule has 0 atom stereocenters. The molecule has 1 aromatic rings. The van der Waals surface area contributed by atoms with Gasteiger partial charge in [0.05, 0.1) is 0 Å². The minimum absolute atomic E-state index is 0. The molecule has 0 unspecified atom stereocenters. The number of hydrogen-bond acceptors (Lipinski definition) is 4. The number of aliphatic imine (C=N–C) groups is 1. The molecule has 1 aliphatic rings. The Morgan fingerprint density at radius 3 is 2.71 bits per heavy atom. The van der Waals surface area contributed by atoms with Crippen molar-refractivity contribution in [3.8, 4) is 5.75 Å². The van der Waals surface area contributed by atoms with Crippen LogP contribution in [0.25, 0.3) is 0 Å². The molecular weight excluding hydrogens is 479 g/mol. The van der Waals surface area contributed by atoms with E-state index in [-0.39, 0.29) is 29.7 Å². The van der Waals surface area contributed by atoms with Crippen molar-refractivity contribution in [2.75, 3.05) is 53.4 Å². The van der Waals surface area contributed by atoms with Gasteiger partial charge in [-0.2, -0.15) is 8.78 Å². The molecule has 0 spiro atoms. The van der Waals surface area contributed by atoms with Gasteiger partial charge in [-0.1, -0.05) is 18.2 Å². The summed E-state index contributed by atoms with van der Waals surface area (Å²) in [6.45, 7) is 3.95. The first-order valence-electron chi connectivity index (χ1n) is 9.46. The molecule has 160 valence electrons. The van der Waals surface area contributed by atoms with E-state index in [0.29, 0.717) is 18.1 Å². The highest BCUT2D eigenvalue weighted by Gasteiger charge is 2.12. The maximum Gasteiger partial charge on any atom is 0.387 e. The Labute approximate surface area is 183 Å². The molecule has 1 aromatic carbocycles. The van der Waals surface area contributed by atoms with Crippen LogP contribution in [0.3, 0.4) is 0 Å². The first kappa shape index (κ1) is 24.8. The Morgan fingerprint density at radius 2 is 1.96 bits per heavy atom. The van der Waals surface area contributed by atoms with E-state index in [1.54, 1.807) is 25.2 Å². The van der Waals surface area contributed by atoms with Crippen LogP contribution in [-0.4, -0.2) is 75.7 Å². The molecule has 0 aliphatic carbocycles. The van der Waals surface area contributed by atoms with E-state index in [0.717, 1.165) is 39.1 Å². The van der Waals surface area contributed by atoms with Gasteiger partial charge in [0.15, 0.2) is 5.96 Å². The van der Waals surface area contributed by atoms with Crippen LogP contribution in [0.2, 0.25) is 0 Å². The minimum atomic E-state index is -2.83. The van der Waals surface area contributed by atoms with Crippen molar-refractivity contribution in [2.45, 2.75) is 26.0 Å². The summed E-state index contributed by atoms with van der Waals surface area (Å²) in [5, 5.41) is 6.42. The van der Waals surface area contributed by atoms with E-state index in [4.69, 9.17) is 0 Å². The number of likely N-dealkylation sites (N-methyl/N-ethyl adjacent to an activating group) is 1. The zero-order valence-corrected chi connectivity index (χ0v) is 19.0. The van der Waals surface area contributed by atoms with Crippen molar-refractivity contribution >= 4 is 29.9 Å². The van der Waals surface area contributed by atoms with E-state index >= 15 is 0 Å². The average molecular weight is 511 g/mol. The van der Waals surface area contributed by atoms with E-state index in [1.807, 2.05) is 0 Å². The predicted molar refractivity (Wildman–Crippen MR) is 120 cm³/mol. The van der Waals surface area contributed by atoms with Crippen LogP contribution in [0.15, 0.2) is 29.3 Å². The Kier molecular flexibility index (Phi) is 12.3. The van der Waals surface area contributed by atoms with Gasteiger partial charge in [0, 0.05) is 38.8 Å². The molecule has 1 heterocycles. The molecule has 0 radical (unpaired) electrons. The Morgan fingerprint density at radius 1 is 1.18 bits per heavy atom. The second-order valence-corrected chi connectivity index (χ2v) is 6.69. The fourth-order valence-electron chi connectivity index (χ4n) is 3.09. The highest BCUT2D eigenvalue weighted by atomic mass is 127. The van der Waals surface area contributed by atoms with Gasteiger partial charge in [0.2, 0.25) is 0 Å². The lowest BCUT2D eigenvalue weighted by Crippen LogP contribution is -2.38. The van der Waals surface area contributed by atoms with Crippen molar-refractivity contribution in [2.24, 2.45) is 4.99 Å². The van der Waals surface area contributed by atoms with Gasteiger partial charge < -0.3 is 25.2 Å². The molecule has 2 N–H and O–H groups in total. The fraction of sp³-hybridized carbons (Fsp3) is 0.632. The second kappa shape index (κ2) is 13.9. The Hall–Kier alpha value is -1.20. The second-order valence-electron chi connectivity index (χ2n) is 6.69. The third-order valence-electron chi connectivity index (χ3n) is 4.61. The summed E-state index contributed by atoms with van der Waals surface area (Å²) >= 11 is 0. The van der Waals surface area contributed by atoms with Crippen LogP contribution in [0.4, 0.5) is 8.78 Å². The zero-order valence-electron chi connectivity index (χ0n) is 16.7. The van der Waals surface area contributed by atoms with Crippen LogP contribution in [0.5, 0.6) is 5.75 Å². The van der Waals surface area contributed by atoms with Gasteiger partial charge in [0.25, 0.3) is 0 Å². The van der Waals surface area contributed by atoms with Crippen LogP contribution >= 0.6 is 24.0 Å². The number of guanidine groups is 1. The monoisotopic (exact) mass is 511 g/mol. The molecule has 0 aromatic heterocycles. The number of nitrogens with zero attached hydrogens (tertiary/aromatic N) is 3. The molecule has 28 heavy (non-hydrogen) atoms. The lowest BCUT2D eigenvalue weighted by molar-refractivity contribution is -0.0504. The van der Waals surface area contributed by atoms with Crippen LogP contribution in [0.1, 0.15) is 18.4 Å². The fourth-order valence-corrected chi connectivity index (χ4v) is 3.09. The standard InChI is InChI=1S/C19H31F2N5O.HI/c1-22-19(23-9-5-11-26-12-6-10-25(2)13-14-26)24-15-16-7-3-4-8-17(16)27-18(20)21;/h3-4,7-8,18H,5-6,9-15H2,1-2H3,(H2,22,23,24);1H. The summed E-state index contributed by atoms with van der Waals surface area (Å²) in [6, 6.07) is 6.77. The minimum Gasteiger partial charge on any atom is -0.434 e. The molecular formula is C19H32F2IN5O. The largest absolute Gasteiger partial charge is 0.434 e. The molecule has 0 amide bonds. The smallest absolute Gasteiger partial charge is 0.387 e. The zero-order chi connectivity index (χ0) is 19.5. The maximum absolute atomic E-state index is 12.5. The summed E-state index contributed by atoms with van der Waals surface area (Å²) in [7, 11) is 3.87. The number of nitrogens with one attached hydrogen (secondary N) is 2. The number of hydrogen-bond donors (Lipinski definition) is 2. The summed E-state index contributed by atoms with van der Waals surface area (Å²) in [4.78, 5) is 9.06.